The highest BCUT2D eigenvalue weighted by molar-refractivity contribution is 5.85. The van der Waals surface area contributed by atoms with Crippen LogP contribution in [0.1, 0.15) is 19.3 Å². The van der Waals surface area contributed by atoms with Crippen LogP contribution in [0.25, 0.3) is 0 Å². The molecular weight excluding hydrogens is 310 g/mol. The molecule has 0 saturated carbocycles. The van der Waals surface area contributed by atoms with Crippen molar-refractivity contribution in [3.05, 3.63) is 34.4 Å². The molecule has 1 aromatic rings. The number of hydrogen-bond acceptors (Lipinski definition) is 5. The van der Waals surface area contributed by atoms with E-state index in [1.54, 1.807) is 12.1 Å². The number of nitrogens with one attached hydrogen (secondary N) is 2. The minimum absolute atomic E-state index is 0. The monoisotopic (exact) mass is 329 g/mol. The minimum Gasteiger partial charge on any atom is -0.486 e. The average molecular weight is 330 g/mol. The summed E-state index contributed by atoms with van der Waals surface area (Å²) in [6.45, 7) is 1.96. The van der Waals surface area contributed by atoms with Gasteiger partial charge in [0, 0.05) is 12.1 Å². The van der Waals surface area contributed by atoms with Crippen LogP contribution < -0.4 is 15.4 Å². The largest absolute Gasteiger partial charge is 0.486 e. The van der Waals surface area contributed by atoms with E-state index in [2.05, 4.69) is 10.6 Å². The average Bonchev–Trinajstić information content (AvgIpc) is 2.48. The Bertz CT molecular complexity index is 507. The second-order valence-electron chi connectivity index (χ2n) is 4.92. The van der Waals surface area contributed by atoms with Gasteiger partial charge in [-0.2, -0.15) is 0 Å². The predicted molar refractivity (Wildman–Crippen MR) is 84.5 cm³/mol. The van der Waals surface area contributed by atoms with Crippen LogP contribution in [0.3, 0.4) is 0 Å². The Hall–Kier alpha value is -1.86. The summed E-state index contributed by atoms with van der Waals surface area (Å²) >= 11 is 0. The number of ether oxygens (including phenoxy) is 1. The van der Waals surface area contributed by atoms with Crippen LogP contribution in [0.4, 0.5) is 5.69 Å². The van der Waals surface area contributed by atoms with Gasteiger partial charge in [-0.15, -0.1) is 12.4 Å². The molecule has 1 saturated heterocycles. The summed E-state index contributed by atoms with van der Waals surface area (Å²) in [4.78, 5) is 22.1. The van der Waals surface area contributed by atoms with E-state index in [4.69, 9.17) is 4.74 Å². The minimum atomic E-state index is -0.496. The lowest BCUT2D eigenvalue weighted by molar-refractivity contribution is -0.385. The third kappa shape index (κ3) is 5.50. The molecule has 1 heterocycles. The van der Waals surface area contributed by atoms with Gasteiger partial charge in [-0.1, -0.05) is 12.1 Å². The summed E-state index contributed by atoms with van der Waals surface area (Å²) in [5.41, 5.74) is -0.0868. The number of halogens is 1. The summed E-state index contributed by atoms with van der Waals surface area (Å²) < 4.78 is 5.34. The maximum atomic E-state index is 11.8. The van der Waals surface area contributed by atoms with Gasteiger partial charge in [0.2, 0.25) is 5.91 Å². The summed E-state index contributed by atoms with van der Waals surface area (Å²) in [6, 6.07) is 6.37. The van der Waals surface area contributed by atoms with Crippen molar-refractivity contribution in [2.24, 2.45) is 0 Å². The molecule has 0 spiro atoms. The van der Waals surface area contributed by atoms with Crippen LogP contribution in [0, 0.1) is 10.1 Å². The number of amides is 1. The maximum absolute atomic E-state index is 11.8. The molecule has 0 aromatic heterocycles. The molecule has 1 amide bonds. The van der Waals surface area contributed by atoms with Gasteiger partial charge in [0.1, 0.15) is 0 Å². The highest BCUT2D eigenvalue weighted by Gasteiger charge is 2.16. The zero-order valence-corrected chi connectivity index (χ0v) is 12.9. The number of piperidine rings is 1. The number of nitro benzene ring substituents is 1. The zero-order valence-electron chi connectivity index (χ0n) is 12.1. The van der Waals surface area contributed by atoms with Gasteiger partial charge >= 0.3 is 5.69 Å². The van der Waals surface area contributed by atoms with Crippen LogP contribution in [0.15, 0.2) is 24.3 Å². The quantitative estimate of drug-likeness (QED) is 0.611. The predicted octanol–water partition coefficient (Wildman–Crippen LogP) is 1.65. The van der Waals surface area contributed by atoms with E-state index < -0.39 is 4.92 Å². The molecular formula is C14H20ClN3O4. The molecule has 122 valence electrons. The van der Waals surface area contributed by atoms with E-state index in [0.29, 0.717) is 0 Å². The topological polar surface area (TPSA) is 93.5 Å². The molecule has 0 aliphatic carbocycles. The molecule has 22 heavy (non-hydrogen) atoms. The lowest BCUT2D eigenvalue weighted by Gasteiger charge is -2.23. The van der Waals surface area contributed by atoms with E-state index in [0.717, 1.165) is 25.9 Å². The fourth-order valence-corrected chi connectivity index (χ4v) is 2.25. The molecule has 1 aliphatic rings. The van der Waals surface area contributed by atoms with Crippen molar-refractivity contribution >= 4 is 24.0 Å². The molecule has 2 N–H and O–H groups in total. The van der Waals surface area contributed by atoms with E-state index >= 15 is 0 Å². The van der Waals surface area contributed by atoms with Gasteiger partial charge < -0.3 is 15.4 Å². The number of nitrogens with zero attached hydrogens (tertiary/aromatic N) is 1. The summed E-state index contributed by atoms with van der Waals surface area (Å²) in [7, 11) is 0. The first-order chi connectivity index (χ1) is 10.2. The Kier molecular flexibility index (Phi) is 7.62. The smallest absolute Gasteiger partial charge is 0.310 e. The lowest BCUT2D eigenvalue weighted by atomic mass is 10.1. The Labute approximate surface area is 135 Å². The molecule has 8 heteroatoms. The van der Waals surface area contributed by atoms with Crippen LogP contribution in [0.5, 0.6) is 5.75 Å². The van der Waals surface area contributed by atoms with Crippen molar-refractivity contribution in [1.82, 2.24) is 10.6 Å². The maximum Gasteiger partial charge on any atom is 0.310 e. The third-order valence-corrected chi connectivity index (χ3v) is 3.35. The Morgan fingerprint density at radius 1 is 1.36 bits per heavy atom. The second-order valence-corrected chi connectivity index (χ2v) is 4.92. The van der Waals surface area contributed by atoms with Gasteiger partial charge in [-0.3, -0.25) is 14.9 Å². The van der Waals surface area contributed by atoms with Crippen molar-refractivity contribution in [3.8, 4) is 5.75 Å². The van der Waals surface area contributed by atoms with Crippen LogP contribution in [-0.4, -0.2) is 36.6 Å². The number of carbonyl (C=O) groups excluding carboxylic acids is 1. The summed E-state index contributed by atoms with van der Waals surface area (Å²) in [6.07, 6.45) is 2.05. The van der Waals surface area contributed by atoms with Crippen molar-refractivity contribution in [2.75, 3.05) is 19.7 Å². The summed E-state index contributed by atoms with van der Waals surface area (Å²) in [5, 5.41) is 17.0. The summed E-state index contributed by atoms with van der Waals surface area (Å²) in [5.74, 6) is 0.109. The molecule has 7 nitrogen and oxygen atoms in total. The third-order valence-electron chi connectivity index (χ3n) is 3.35. The highest BCUT2D eigenvalue weighted by Crippen LogP contribution is 2.25. The van der Waals surface area contributed by atoms with Crippen molar-refractivity contribution in [2.45, 2.75) is 25.3 Å². The fourth-order valence-electron chi connectivity index (χ4n) is 2.25. The van der Waals surface area contributed by atoms with E-state index in [1.165, 1.54) is 12.1 Å². The molecule has 1 aliphatic heterocycles. The Balaban J connectivity index is 0.00000242. The van der Waals surface area contributed by atoms with E-state index in [-0.39, 0.29) is 48.8 Å². The number of carbonyl (C=O) groups is 1. The lowest BCUT2D eigenvalue weighted by Crippen LogP contribution is -2.43. The van der Waals surface area contributed by atoms with Crippen molar-refractivity contribution in [3.63, 3.8) is 0 Å². The fraction of sp³-hybridized carbons (Fsp3) is 0.500. The van der Waals surface area contributed by atoms with Gasteiger partial charge in [-0.05, 0) is 32.0 Å². The normalized spacial score (nSPS) is 14.7. The molecule has 0 atom stereocenters. The number of nitro groups is 1. The van der Waals surface area contributed by atoms with E-state index in [9.17, 15) is 14.9 Å². The van der Waals surface area contributed by atoms with Gasteiger partial charge in [-0.25, -0.2) is 0 Å². The first-order valence-electron chi connectivity index (χ1n) is 7.03. The first kappa shape index (κ1) is 18.2. The van der Waals surface area contributed by atoms with Crippen LogP contribution in [-0.2, 0) is 4.79 Å². The molecule has 1 fully saturated rings. The van der Waals surface area contributed by atoms with Gasteiger partial charge in [0.15, 0.2) is 5.75 Å². The molecule has 0 unspecified atom stereocenters. The van der Waals surface area contributed by atoms with E-state index in [1.807, 2.05) is 0 Å². The standard InChI is InChI=1S/C14H19N3O4.ClH/c18-14(16-11-5-8-15-9-6-11)7-10-21-13-4-2-1-3-12(13)17(19)20;/h1-4,11,15H,5-10H2,(H,16,18);1H. The van der Waals surface area contributed by atoms with Crippen LogP contribution >= 0.6 is 12.4 Å². The second kappa shape index (κ2) is 9.22. The van der Waals surface area contributed by atoms with Crippen molar-refractivity contribution < 1.29 is 14.5 Å². The highest BCUT2D eigenvalue weighted by atomic mass is 35.5. The number of hydrogen-bond donors (Lipinski definition) is 2. The first-order valence-corrected chi connectivity index (χ1v) is 7.03. The number of para-hydroxylation sites is 2. The number of rotatable bonds is 6. The number of benzene rings is 1. The van der Waals surface area contributed by atoms with Crippen LogP contribution in [0.2, 0.25) is 0 Å². The molecule has 1 aromatic carbocycles. The van der Waals surface area contributed by atoms with Gasteiger partial charge in [0.05, 0.1) is 18.0 Å². The Morgan fingerprint density at radius 3 is 2.73 bits per heavy atom. The van der Waals surface area contributed by atoms with Gasteiger partial charge in [0.25, 0.3) is 0 Å². The Morgan fingerprint density at radius 2 is 2.05 bits per heavy atom. The molecule has 0 radical (unpaired) electrons. The SMILES string of the molecule is Cl.O=C(CCOc1ccccc1[N+](=O)[O-])NC1CCNCC1. The zero-order chi connectivity index (χ0) is 15.1. The molecule has 0 bridgehead atoms. The molecule has 2 rings (SSSR count). The van der Waals surface area contributed by atoms with Crippen molar-refractivity contribution in [1.29, 1.82) is 0 Å².